The molecule has 0 aromatic carbocycles. The zero-order valence-electron chi connectivity index (χ0n) is 9.02. The third-order valence-corrected chi connectivity index (χ3v) is 1.73. The molecule has 0 aliphatic rings. The van der Waals surface area contributed by atoms with Crippen LogP contribution in [0.15, 0.2) is 0 Å². The largest absolute Gasteiger partial charge is 0.368 e. The van der Waals surface area contributed by atoms with E-state index in [0.29, 0.717) is 6.61 Å². The van der Waals surface area contributed by atoms with Gasteiger partial charge in [0.05, 0.1) is 0 Å². The minimum absolute atomic E-state index is 0.150. The zero-order chi connectivity index (χ0) is 9.99. The second-order valence-corrected chi connectivity index (χ2v) is 4.52. The molecular weight excluding hydrogens is 152 g/mol. The topological polar surface area (TPSA) is 26.3 Å². The van der Waals surface area contributed by atoms with E-state index < -0.39 is 5.60 Å². The number of rotatable bonds is 3. The maximum absolute atomic E-state index is 11.8. The zero-order valence-corrected chi connectivity index (χ0v) is 9.02. The Morgan fingerprint density at radius 3 is 1.83 bits per heavy atom. The predicted octanol–water partition coefficient (Wildman–Crippen LogP) is 2.42. The summed E-state index contributed by atoms with van der Waals surface area (Å²) in [7, 11) is 0. The molecule has 0 aromatic rings. The van der Waals surface area contributed by atoms with Crippen LogP contribution in [0, 0.1) is 5.41 Å². The van der Waals surface area contributed by atoms with E-state index in [0.717, 1.165) is 0 Å². The molecule has 2 heteroatoms. The van der Waals surface area contributed by atoms with Crippen molar-refractivity contribution in [2.75, 3.05) is 6.61 Å². The van der Waals surface area contributed by atoms with Crippen LogP contribution in [0.3, 0.4) is 0 Å². The van der Waals surface area contributed by atoms with Gasteiger partial charge < -0.3 is 4.74 Å². The Balaban J connectivity index is 4.46. The first-order valence-corrected chi connectivity index (χ1v) is 4.40. The third kappa shape index (κ3) is 2.94. The molecule has 0 rings (SSSR count). The van der Waals surface area contributed by atoms with Gasteiger partial charge in [0, 0.05) is 12.0 Å². The van der Waals surface area contributed by atoms with Crippen LogP contribution < -0.4 is 0 Å². The first-order valence-electron chi connectivity index (χ1n) is 4.40. The lowest BCUT2D eigenvalue weighted by atomic mass is 9.82. The van der Waals surface area contributed by atoms with Crippen molar-refractivity contribution in [3.8, 4) is 0 Å². The Labute approximate surface area is 75.3 Å². The monoisotopic (exact) mass is 172 g/mol. The molecule has 0 bridgehead atoms. The SMILES string of the molecule is CCOC(C)(C)C(=O)C(C)(C)C. The minimum atomic E-state index is -0.646. The Morgan fingerprint density at radius 1 is 1.17 bits per heavy atom. The normalized spacial score (nSPS) is 13.2. The van der Waals surface area contributed by atoms with Gasteiger partial charge in [0.25, 0.3) is 0 Å². The summed E-state index contributed by atoms with van der Waals surface area (Å²) in [4.78, 5) is 11.8. The number of ether oxygens (including phenoxy) is 1. The smallest absolute Gasteiger partial charge is 0.169 e. The fourth-order valence-corrected chi connectivity index (χ4v) is 1.33. The molecule has 0 aliphatic heterocycles. The highest BCUT2D eigenvalue weighted by atomic mass is 16.5. The standard InChI is InChI=1S/C10H20O2/c1-7-12-10(5,6)8(11)9(2,3)4/h7H2,1-6H3. The summed E-state index contributed by atoms with van der Waals surface area (Å²) in [6.45, 7) is 11.9. The first-order chi connectivity index (χ1) is 5.22. The average molecular weight is 172 g/mol. The van der Waals surface area contributed by atoms with Gasteiger partial charge in [-0.25, -0.2) is 0 Å². The maximum atomic E-state index is 11.8. The molecule has 72 valence electrons. The molecule has 0 spiro atoms. The summed E-state index contributed by atoms with van der Waals surface area (Å²) >= 11 is 0. The lowest BCUT2D eigenvalue weighted by Crippen LogP contribution is -2.42. The van der Waals surface area contributed by atoms with Gasteiger partial charge in [-0.1, -0.05) is 20.8 Å². The van der Waals surface area contributed by atoms with Crippen LogP contribution in [0.4, 0.5) is 0 Å². The van der Waals surface area contributed by atoms with Crippen LogP contribution in [0.5, 0.6) is 0 Å². The van der Waals surface area contributed by atoms with Crippen LogP contribution in [0.2, 0.25) is 0 Å². The number of hydrogen-bond acceptors (Lipinski definition) is 2. The molecule has 0 radical (unpaired) electrons. The lowest BCUT2D eigenvalue weighted by Gasteiger charge is -2.30. The summed E-state index contributed by atoms with van der Waals surface area (Å²) in [5, 5.41) is 0. The fraction of sp³-hybridized carbons (Fsp3) is 0.900. The maximum Gasteiger partial charge on any atom is 0.169 e. The van der Waals surface area contributed by atoms with E-state index in [1.165, 1.54) is 0 Å². The van der Waals surface area contributed by atoms with Gasteiger partial charge in [-0.3, -0.25) is 4.79 Å². The Bertz CT molecular complexity index is 163. The van der Waals surface area contributed by atoms with Crippen LogP contribution in [0.25, 0.3) is 0 Å². The first kappa shape index (κ1) is 11.6. The van der Waals surface area contributed by atoms with Crippen molar-refractivity contribution < 1.29 is 9.53 Å². The number of carbonyl (C=O) groups is 1. The predicted molar refractivity (Wildman–Crippen MR) is 50.2 cm³/mol. The van der Waals surface area contributed by atoms with E-state index in [2.05, 4.69) is 0 Å². The van der Waals surface area contributed by atoms with Crippen molar-refractivity contribution >= 4 is 5.78 Å². The van der Waals surface area contributed by atoms with E-state index in [1.54, 1.807) is 0 Å². The van der Waals surface area contributed by atoms with E-state index >= 15 is 0 Å². The van der Waals surface area contributed by atoms with Crippen molar-refractivity contribution in [1.82, 2.24) is 0 Å². The third-order valence-electron chi connectivity index (χ3n) is 1.73. The number of ketones is 1. The number of hydrogen-bond donors (Lipinski definition) is 0. The van der Waals surface area contributed by atoms with Crippen LogP contribution >= 0.6 is 0 Å². The van der Waals surface area contributed by atoms with Crippen LogP contribution in [0.1, 0.15) is 41.5 Å². The van der Waals surface area contributed by atoms with Crippen molar-refractivity contribution in [2.24, 2.45) is 5.41 Å². The van der Waals surface area contributed by atoms with Crippen molar-refractivity contribution in [2.45, 2.75) is 47.1 Å². The molecule has 0 aromatic heterocycles. The molecule has 0 unspecified atom stereocenters. The summed E-state index contributed by atoms with van der Waals surface area (Å²) < 4.78 is 5.37. The van der Waals surface area contributed by atoms with Crippen molar-refractivity contribution in [3.63, 3.8) is 0 Å². The van der Waals surface area contributed by atoms with Gasteiger partial charge >= 0.3 is 0 Å². The van der Waals surface area contributed by atoms with Crippen LogP contribution in [-0.4, -0.2) is 18.0 Å². The molecule has 0 atom stereocenters. The molecule has 0 saturated heterocycles. The van der Waals surface area contributed by atoms with Gasteiger partial charge in [-0.15, -0.1) is 0 Å². The number of Topliss-reactive ketones (excluding diaryl/α,β-unsaturated/α-hetero) is 1. The molecule has 0 N–H and O–H groups in total. The summed E-state index contributed by atoms with van der Waals surface area (Å²) in [6, 6.07) is 0. The molecule has 12 heavy (non-hydrogen) atoms. The Kier molecular flexibility index (Phi) is 3.45. The van der Waals surface area contributed by atoms with Gasteiger partial charge in [0.2, 0.25) is 0 Å². The highest BCUT2D eigenvalue weighted by Gasteiger charge is 2.36. The van der Waals surface area contributed by atoms with Gasteiger partial charge in [-0.2, -0.15) is 0 Å². The Morgan fingerprint density at radius 2 is 1.58 bits per heavy atom. The molecule has 0 amide bonds. The Hall–Kier alpha value is -0.370. The summed E-state index contributed by atoms with van der Waals surface area (Å²) in [5.74, 6) is 0.150. The molecule has 2 nitrogen and oxygen atoms in total. The van der Waals surface area contributed by atoms with E-state index in [-0.39, 0.29) is 11.2 Å². The highest BCUT2D eigenvalue weighted by molar-refractivity contribution is 5.90. The van der Waals surface area contributed by atoms with E-state index in [1.807, 2.05) is 41.5 Å². The van der Waals surface area contributed by atoms with Crippen molar-refractivity contribution in [3.05, 3.63) is 0 Å². The van der Waals surface area contributed by atoms with E-state index in [9.17, 15) is 4.79 Å². The molecule has 0 fully saturated rings. The lowest BCUT2D eigenvalue weighted by molar-refractivity contribution is -0.148. The summed E-state index contributed by atoms with van der Waals surface area (Å²) in [5.41, 5.74) is -0.967. The summed E-state index contributed by atoms with van der Waals surface area (Å²) in [6.07, 6.45) is 0. The average Bonchev–Trinajstić information content (AvgIpc) is 1.84. The molecule has 0 saturated carbocycles. The van der Waals surface area contributed by atoms with Crippen LogP contribution in [-0.2, 0) is 9.53 Å². The van der Waals surface area contributed by atoms with Gasteiger partial charge in [0.15, 0.2) is 5.78 Å². The minimum Gasteiger partial charge on any atom is -0.368 e. The number of carbonyl (C=O) groups excluding carboxylic acids is 1. The second-order valence-electron chi connectivity index (χ2n) is 4.52. The molecule has 0 heterocycles. The second kappa shape index (κ2) is 3.56. The van der Waals surface area contributed by atoms with E-state index in [4.69, 9.17) is 4.74 Å². The van der Waals surface area contributed by atoms with Gasteiger partial charge in [-0.05, 0) is 20.8 Å². The highest BCUT2D eigenvalue weighted by Crippen LogP contribution is 2.25. The molecule has 0 aliphatic carbocycles. The van der Waals surface area contributed by atoms with Crippen molar-refractivity contribution in [1.29, 1.82) is 0 Å². The van der Waals surface area contributed by atoms with Gasteiger partial charge in [0.1, 0.15) is 5.60 Å². The molecular formula is C10H20O2. The fourth-order valence-electron chi connectivity index (χ4n) is 1.33. The quantitative estimate of drug-likeness (QED) is 0.653.